The summed E-state index contributed by atoms with van der Waals surface area (Å²) in [6, 6.07) is 20.6. The zero-order chi connectivity index (χ0) is 15.1. The summed E-state index contributed by atoms with van der Waals surface area (Å²) in [5, 5.41) is 0. The molecule has 21 heavy (non-hydrogen) atoms. The molecule has 2 nitrogen and oxygen atoms in total. The first-order valence-electron chi connectivity index (χ1n) is 7.20. The van der Waals surface area contributed by atoms with Crippen LogP contribution in [-0.4, -0.2) is 27.9 Å². The van der Waals surface area contributed by atoms with E-state index in [2.05, 4.69) is 46.3 Å². The van der Waals surface area contributed by atoms with Crippen molar-refractivity contribution in [1.29, 1.82) is 0 Å². The van der Waals surface area contributed by atoms with Crippen molar-refractivity contribution in [2.24, 2.45) is 0 Å². The summed E-state index contributed by atoms with van der Waals surface area (Å²) < 4.78 is 12.3. The predicted molar refractivity (Wildman–Crippen MR) is 90.7 cm³/mol. The van der Waals surface area contributed by atoms with Gasteiger partial charge in [0.2, 0.25) is 0 Å². The van der Waals surface area contributed by atoms with Crippen LogP contribution in [0.4, 0.5) is 0 Å². The molecule has 0 bridgehead atoms. The third-order valence-corrected chi connectivity index (χ3v) is 7.97. The van der Waals surface area contributed by atoms with Crippen LogP contribution >= 0.6 is 5.96 Å². The minimum absolute atomic E-state index is 0.103. The van der Waals surface area contributed by atoms with Crippen molar-refractivity contribution >= 4 is 21.1 Å². The van der Waals surface area contributed by atoms with Gasteiger partial charge in [-0.25, -0.2) is 0 Å². The van der Waals surface area contributed by atoms with Gasteiger partial charge in [0, 0.05) is 0 Å². The first-order valence-corrected chi connectivity index (χ1v) is 11.2. The van der Waals surface area contributed by atoms with Crippen LogP contribution in [0.15, 0.2) is 60.7 Å². The van der Waals surface area contributed by atoms with Crippen molar-refractivity contribution in [2.75, 3.05) is 12.8 Å². The van der Waals surface area contributed by atoms with E-state index in [1.54, 1.807) is 0 Å². The molecule has 0 saturated heterocycles. The van der Waals surface area contributed by atoms with Gasteiger partial charge in [-0.05, 0) is 0 Å². The first-order chi connectivity index (χ1) is 10.2. The van der Waals surface area contributed by atoms with E-state index in [9.17, 15) is 0 Å². The van der Waals surface area contributed by atoms with E-state index in [-0.39, 0.29) is 6.10 Å². The van der Waals surface area contributed by atoms with Gasteiger partial charge in [-0.15, -0.1) is 0 Å². The Morgan fingerprint density at radius 2 is 1.38 bits per heavy atom. The van der Waals surface area contributed by atoms with Gasteiger partial charge in [-0.3, -0.25) is 0 Å². The Bertz CT molecular complexity index is 547. The van der Waals surface area contributed by atoms with Crippen LogP contribution in [0.25, 0.3) is 0 Å². The molecular formula is C17H21O2PSe. The van der Waals surface area contributed by atoms with Crippen molar-refractivity contribution < 1.29 is 9.05 Å². The van der Waals surface area contributed by atoms with Gasteiger partial charge in [0.1, 0.15) is 0 Å². The molecule has 0 fully saturated rings. The standard InChI is InChI=1S/C17H21O2PSe/c1-3-18-20(21,4-2)19-17(15-11-7-5-8-12-15)16-13-9-6-10-14-16/h5-14,17H,3-4H2,1-2H3. The summed E-state index contributed by atoms with van der Waals surface area (Å²) in [5.74, 6) is -1.96. The van der Waals surface area contributed by atoms with E-state index >= 15 is 0 Å². The van der Waals surface area contributed by atoms with Crippen LogP contribution in [0.3, 0.4) is 0 Å². The van der Waals surface area contributed by atoms with E-state index in [1.807, 2.05) is 43.3 Å². The quantitative estimate of drug-likeness (QED) is 0.518. The summed E-state index contributed by atoms with van der Waals surface area (Å²) in [6.07, 6.45) is 0.755. The topological polar surface area (TPSA) is 18.5 Å². The van der Waals surface area contributed by atoms with Crippen LogP contribution in [0.1, 0.15) is 31.1 Å². The number of benzene rings is 2. The SMILES string of the molecule is CCOP(=[Se])(CC)OC(c1ccccc1)c1ccccc1. The van der Waals surface area contributed by atoms with Crippen LogP contribution < -0.4 is 0 Å². The third kappa shape index (κ3) is 4.64. The normalized spacial score (nSPS) is 14.0. The number of rotatable bonds is 7. The maximum absolute atomic E-state index is 6.43. The molecule has 0 spiro atoms. The summed E-state index contributed by atoms with van der Waals surface area (Å²) >= 11 is 3.18. The molecule has 0 heterocycles. The molecule has 2 aromatic carbocycles. The molecule has 1 unspecified atom stereocenters. The van der Waals surface area contributed by atoms with E-state index < -0.39 is 5.96 Å². The minimum atomic E-state index is -1.96. The van der Waals surface area contributed by atoms with Gasteiger partial charge in [-0.1, -0.05) is 0 Å². The van der Waals surface area contributed by atoms with Crippen molar-refractivity contribution in [3.8, 4) is 0 Å². The Hall–Kier alpha value is -0.691. The maximum atomic E-state index is 6.43. The van der Waals surface area contributed by atoms with Crippen LogP contribution in [0.5, 0.6) is 0 Å². The molecule has 2 rings (SSSR count). The molecule has 0 aromatic heterocycles. The van der Waals surface area contributed by atoms with Crippen molar-refractivity contribution in [2.45, 2.75) is 20.0 Å². The van der Waals surface area contributed by atoms with Gasteiger partial charge >= 0.3 is 135 Å². The average molecular weight is 367 g/mol. The second-order valence-electron chi connectivity index (χ2n) is 4.65. The van der Waals surface area contributed by atoms with Gasteiger partial charge in [0.25, 0.3) is 0 Å². The summed E-state index contributed by atoms with van der Waals surface area (Å²) in [7, 11) is 0. The molecule has 112 valence electrons. The van der Waals surface area contributed by atoms with E-state index in [1.165, 1.54) is 0 Å². The summed E-state index contributed by atoms with van der Waals surface area (Å²) in [4.78, 5) is 0. The van der Waals surface area contributed by atoms with Crippen LogP contribution in [-0.2, 0) is 9.05 Å². The monoisotopic (exact) mass is 368 g/mol. The van der Waals surface area contributed by atoms with Gasteiger partial charge in [0.15, 0.2) is 0 Å². The Labute approximate surface area is 134 Å². The third-order valence-electron chi connectivity index (χ3n) is 3.18. The Balaban J connectivity index is 2.36. The van der Waals surface area contributed by atoms with Crippen LogP contribution in [0, 0.1) is 0 Å². The molecule has 0 aliphatic carbocycles. The Morgan fingerprint density at radius 3 is 1.76 bits per heavy atom. The zero-order valence-corrected chi connectivity index (χ0v) is 15.0. The van der Waals surface area contributed by atoms with E-state index in [4.69, 9.17) is 9.05 Å². The molecule has 4 heteroatoms. The van der Waals surface area contributed by atoms with Gasteiger partial charge in [-0.2, -0.15) is 0 Å². The number of hydrogen-bond donors (Lipinski definition) is 0. The van der Waals surface area contributed by atoms with Crippen LogP contribution in [0.2, 0.25) is 0 Å². The average Bonchev–Trinajstić information content (AvgIpc) is 2.55. The van der Waals surface area contributed by atoms with Crippen molar-refractivity contribution in [3.05, 3.63) is 71.8 Å². The van der Waals surface area contributed by atoms with E-state index in [0.717, 1.165) is 17.3 Å². The molecule has 0 aliphatic heterocycles. The summed E-state index contributed by atoms with van der Waals surface area (Å²) in [6.45, 7) is 4.77. The van der Waals surface area contributed by atoms with Gasteiger partial charge in [0.05, 0.1) is 0 Å². The second-order valence-corrected chi connectivity index (χ2v) is 10.5. The molecule has 0 N–H and O–H groups in total. The molecular weight excluding hydrogens is 346 g/mol. The predicted octanol–water partition coefficient (Wildman–Crippen LogP) is 4.78. The number of hydrogen-bond acceptors (Lipinski definition) is 2. The van der Waals surface area contributed by atoms with Crippen molar-refractivity contribution in [1.82, 2.24) is 0 Å². The molecule has 0 aliphatic rings. The second kappa shape index (κ2) is 8.08. The molecule has 0 radical (unpaired) electrons. The Kier molecular flexibility index (Phi) is 6.41. The fourth-order valence-electron chi connectivity index (χ4n) is 2.12. The van der Waals surface area contributed by atoms with E-state index in [0.29, 0.717) is 6.61 Å². The van der Waals surface area contributed by atoms with Gasteiger partial charge < -0.3 is 0 Å². The zero-order valence-electron chi connectivity index (χ0n) is 12.4. The fourth-order valence-corrected chi connectivity index (χ4v) is 4.68. The Morgan fingerprint density at radius 1 is 0.905 bits per heavy atom. The summed E-state index contributed by atoms with van der Waals surface area (Å²) in [5.41, 5.74) is 2.30. The molecule has 0 amide bonds. The van der Waals surface area contributed by atoms with Crippen molar-refractivity contribution in [3.63, 3.8) is 0 Å². The molecule has 1 atom stereocenters. The molecule has 0 saturated carbocycles. The first kappa shape index (κ1) is 16.7. The fraction of sp³-hybridized carbons (Fsp3) is 0.294. The molecule has 2 aromatic rings.